The molecule has 0 radical (unpaired) electrons. The first-order valence-corrected chi connectivity index (χ1v) is 0.842. The molecule has 0 N–H and O–H groups in total. The molecule has 0 aromatic rings. The third kappa shape index (κ3) is 8.82. The fourth-order valence-electron chi connectivity index (χ4n) is 0. The second kappa shape index (κ2) is 17.7. The maximum absolute atomic E-state index is 8.25. The van der Waals surface area contributed by atoms with Crippen LogP contribution in [0.25, 0.3) is 0 Å². The molecular formula is H2CrOSrTi. The van der Waals surface area contributed by atoms with Gasteiger partial charge in [0, 0.05) is 17.4 Å². The molecule has 4 heteroatoms. The summed E-state index contributed by atoms with van der Waals surface area (Å²) in [5.74, 6) is 0. The zero-order valence-corrected chi connectivity index (χ0v) is 4.15. The van der Waals surface area contributed by atoms with E-state index in [0.29, 0.717) is 0 Å². The van der Waals surface area contributed by atoms with Gasteiger partial charge in [-0.3, -0.25) is 0 Å². The van der Waals surface area contributed by atoms with Crippen LogP contribution in [-0.2, 0) is 41.1 Å². The van der Waals surface area contributed by atoms with Gasteiger partial charge in [0.05, 0.1) is 0 Å². The number of hydrogen-bond donors (Lipinski definition) is 0. The molecule has 0 aromatic heterocycles. The van der Waals surface area contributed by atoms with Crippen LogP contribution < -0.4 is 0 Å². The molecule has 0 saturated heterocycles. The molecule has 0 amide bonds. The van der Waals surface area contributed by atoms with E-state index in [9.17, 15) is 0 Å². The molecule has 0 heterocycles. The first-order chi connectivity index (χ1) is 1.00. The van der Waals surface area contributed by atoms with Crippen LogP contribution in [-0.4, -0.2) is 45.5 Å². The van der Waals surface area contributed by atoms with E-state index in [1.54, 1.807) is 0 Å². The van der Waals surface area contributed by atoms with Crippen molar-refractivity contribution >= 4 is 45.5 Å². The van der Waals surface area contributed by atoms with Gasteiger partial charge in [-0.15, -0.1) is 0 Å². The Hall–Kier alpha value is 2.53. The number of rotatable bonds is 0. The van der Waals surface area contributed by atoms with Gasteiger partial charge in [-0.1, -0.05) is 0 Å². The van der Waals surface area contributed by atoms with Gasteiger partial charge in [0.1, 0.15) is 0 Å². The summed E-state index contributed by atoms with van der Waals surface area (Å²) >= 11 is 0.750. The molecule has 0 fully saturated rings. The van der Waals surface area contributed by atoms with Gasteiger partial charge >= 0.3 is 69.2 Å². The maximum atomic E-state index is 8.25. The fraction of sp³-hybridized carbons (Fsp3) is 0. The Kier molecular flexibility index (Phi) is 71.1. The zero-order valence-electron chi connectivity index (χ0n) is 1.32. The van der Waals surface area contributed by atoms with Crippen molar-refractivity contribution in [2.75, 3.05) is 0 Å². The second-order valence-electron chi connectivity index (χ2n) is 0. The van der Waals surface area contributed by atoms with Crippen LogP contribution in [0.2, 0.25) is 0 Å². The predicted octanol–water partition coefficient (Wildman–Crippen LogP) is -1.04. The predicted molar refractivity (Wildman–Crippen MR) is 9.23 cm³/mol. The van der Waals surface area contributed by atoms with E-state index in [0.717, 1.165) is 20.4 Å². The molecule has 0 aliphatic heterocycles. The average Bonchev–Trinajstić information content (AvgIpc) is 1.00. The van der Waals surface area contributed by atoms with Crippen molar-refractivity contribution in [3.8, 4) is 0 Å². The van der Waals surface area contributed by atoms with Crippen LogP contribution in [0.3, 0.4) is 0 Å². The Morgan fingerprint density at radius 1 is 1.25 bits per heavy atom. The molecule has 20 valence electrons. The van der Waals surface area contributed by atoms with E-state index in [-0.39, 0.29) is 62.8 Å². The quantitative estimate of drug-likeness (QED) is 0.462. The van der Waals surface area contributed by atoms with E-state index < -0.39 is 0 Å². The summed E-state index contributed by atoms with van der Waals surface area (Å²) in [5, 5.41) is 0. The van der Waals surface area contributed by atoms with Crippen molar-refractivity contribution < 1.29 is 41.1 Å². The molecular weight excluding hydrogens is 203 g/mol. The Morgan fingerprint density at radius 2 is 1.25 bits per heavy atom. The van der Waals surface area contributed by atoms with Crippen LogP contribution in [0, 0.1) is 0 Å². The van der Waals surface area contributed by atoms with E-state index >= 15 is 0 Å². The van der Waals surface area contributed by atoms with Crippen molar-refractivity contribution in [3.05, 3.63) is 0 Å². The zero-order chi connectivity index (χ0) is 2.00. The molecule has 4 heavy (non-hydrogen) atoms. The van der Waals surface area contributed by atoms with Crippen LogP contribution in [0.1, 0.15) is 0 Å². The Labute approximate surface area is 84.7 Å². The van der Waals surface area contributed by atoms with Crippen LogP contribution in [0.5, 0.6) is 0 Å². The monoisotopic (exact) mass is 206 g/mol. The Balaban J connectivity index is -0.00000000500. The van der Waals surface area contributed by atoms with Crippen molar-refractivity contribution in [1.82, 2.24) is 0 Å². The summed E-state index contributed by atoms with van der Waals surface area (Å²) in [4.78, 5) is 0. The van der Waals surface area contributed by atoms with E-state index in [2.05, 4.69) is 0 Å². The summed E-state index contributed by atoms with van der Waals surface area (Å²) in [6.45, 7) is 0. The summed E-state index contributed by atoms with van der Waals surface area (Å²) < 4.78 is 8.25. The molecule has 0 bridgehead atoms. The van der Waals surface area contributed by atoms with Gasteiger partial charge < -0.3 is 0 Å². The molecule has 0 rings (SSSR count). The molecule has 0 aliphatic rings. The molecule has 0 spiro atoms. The van der Waals surface area contributed by atoms with Crippen molar-refractivity contribution in [3.63, 3.8) is 0 Å². The Morgan fingerprint density at radius 3 is 1.25 bits per heavy atom. The van der Waals surface area contributed by atoms with Gasteiger partial charge in [0.25, 0.3) is 0 Å². The average molecular weight is 205 g/mol. The third-order valence-corrected chi connectivity index (χ3v) is 0. The summed E-state index contributed by atoms with van der Waals surface area (Å²) in [5.41, 5.74) is 0. The van der Waals surface area contributed by atoms with Crippen molar-refractivity contribution in [1.29, 1.82) is 0 Å². The SMILES string of the molecule is [Cr].[O]=[Ti].[SrH2]. The summed E-state index contributed by atoms with van der Waals surface area (Å²) in [6.07, 6.45) is 0. The van der Waals surface area contributed by atoms with E-state index in [4.69, 9.17) is 3.32 Å². The molecule has 0 saturated carbocycles. The summed E-state index contributed by atoms with van der Waals surface area (Å²) in [7, 11) is 0. The fourth-order valence-corrected chi connectivity index (χ4v) is 0. The molecule has 0 atom stereocenters. The first-order valence-electron chi connectivity index (χ1n) is 0.204. The Bertz CT molecular complexity index is 8.00. The normalized spacial score (nSPS) is 0.750. The molecule has 1 nitrogen and oxygen atoms in total. The molecule has 0 unspecified atom stereocenters. The van der Waals surface area contributed by atoms with E-state index in [1.807, 2.05) is 0 Å². The van der Waals surface area contributed by atoms with E-state index in [1.165, 1.54) is 0 Å². The summed E-state index contributed by atoms with van der Waals surface area (Å²) in [6, 6.07) is 0. The van der Waals surface area contributed by atoms with Crippen molar-refractivity contribution in [2.24, 2.45) is 0 Å². The molecule has 0 aliphatic carbocycles. The van der Waals surface area contributed by atoms with Gasteiger partial charge in [0.2, 0.25) is 0 Å². The van der Waals surface area contributed by atoms with Crippen molar-refractivity contribution in [2.45, 2.75) is 0 Å². The van der Waals surface area contributed by atoms with Gasteiger partial charge in [-0.2, -0.15) is 0 Å². The van der Waals surface area contributed by atoms with Gasteiger partial charge in [0.15, 0.2) is 0 Å². The third-order valence-electron chi connectivity index (χ3n) is 0. The van der Waals surface area contributed by atoms with Crippen LogP contribution >= 0.6 is 0 Å². The topological polar surface area (TPSA) is 17.1 Å². The van der Waals surface area contributed by atoms with Crippen LogP contribution in [0.15, 0.2) is 0 Å². The van der Waals surface area contributed by atoms with Crippen LogP contribution in [0.4, 0.5) is 0 Å². The standard InChI is InChI=1S/Cr.O.Sr.Ti.2H. The minimum atomic E-state index is 0. The number of hydrogen-bond acceptors (Lipinski definition) is 1. The molecule has 0 aromatic carbocycles. The van der Waals surface area contributed by atoms with Gasteiger partial charge in [-0.05, 0) is 0 Å². The minimum absolute atomic E-state index is 0. The first kappa shape index (κ1) is 16.0. The second-order valence-corrected chi connectivity index (χ2v) is 0. The van der Waals surface area contributed by atoms with Gasteiger partial charge in [-0.25, -0.2) is 0 Å².